The van der Waals surface area contributed by atoms with Crippen molar-refractivity contribution in [2.24, 2.45) is 0 Å². The van der Waals surface area contributed by atoms with Crippen LogP contribution in [0.25, 0.3) is 0 Å². The molecule has 0 aliphatic heterocycles. The molecule has 0 aliphatic carbocycles. The van der Waals surface area contributed by atoms with E-state index in [1.54, 1.807) is 0 Å². The molecule has 0 aromatic rings. The van der Waals surface area contributed by atoms with Crippen LogP contribution < -0.4 is 18.6 Å². The predicted octanol–water partition coefficient (Wildman–Crippen LogP) is -6.01. The first kappa shape index (κ1) is 29.3. The minimum atomic E-state index is -5.17. The van der Waals surface area contributed by atoms with Crippen LogP contribution in [-0.2, 0) is 29.9 Å². The Labute approximate surface area is 88.5 Å². The average molecular weight is 277 g/mol. The maximum atomic E-state index is 8.52. The van der Waals surface area contributed by atoms with Gasteiger partial charge in [-0.05, 0) is 0 Å². The molecule has 0 aromatic heterocycles. The first-order valence-corrected chi connectivity index (χ1v) is 2.77. The quantitative estimate of drug-likeness (QED) is 0.193. The van der Waals surface area contributed by atoms with Gasteiger partial charge in [-0.2, -0.15) is 0 Å². The minimum Gasteiger partial charge on any atom is -1.00 e. The summed E-state index contributed by atoms with van der Waals surface area (Å²) in [5.74, 6) is 0. The van der Waals surface area contributed by atoms with Gasteiger partial charge in [0.05, 0.1) is 0 Å². The van der Waals surface area contributed by atoms with E-state index in [0.29, 0.717) is 0 Å². The van der Waals surface area contributed by atoms with Crippen molar-refractivity contribution < 1.29 is 64.5 Å². The Bertz CT molecular complexity index is 135. The second-order valence-electron chi connectivity index (χ2n) is 0.755. The summed E-state index contributed by atoms with van der Waals surface area (Å²) in [5, 5.41) is 21.5. The maximum absolute atomic E-state index is 8.52. The van der Waals surface area contributed by atoms with E-state index in [2.05, 4.69) is 0 Å². The van der Waals surface area contributed by atoms with Gasteiger partial charge in [-0.1, -0.05) is 0 Å². The summed E-state index contributed by atoms with van der Waals surface area (Å²) >= 11 is 0. The Morgan fingerprint density at radius 3 is 1.08 bits per heavy atom. The van der Waals surface area contributed by atoms with Crippen molar-refractivity contribution in [1.82, 2.24) is 6.15 Å². The van der Waals surface area contributed by atoms with Crippen LogP contribution in [0.15, 0.2) is 0 Å². The maximum Gasteiger partial charge on any atom is 2.00 e. The molecule has 0 saturated carbocycles. The molecule has 7 N–H and O–H groups in total. The average Bonchev–Trinajstić information content (AvgIpc) is 1.19. The van der Waals surface area contributed by atoms with Gasteiger partial charge in [-0.15, -0.1) is 0 Å². The van der Waals surface area contributed by atoms with Crippen molar-refractivity contribution in [3.8, 4) is 0 Å². The van der Waals surface area contributed by atoms with Gasteiger partial charge in [-0.25, -0.2) is 0 Å². The van der Waals surface area contributed by atoms with Crippen LogP contribution >= 0.6 is 0 Å². The predicted molar refractivity (Wildman–Crippen MR) is 28.9 cm³/mol. The van der Waals surface area contributed by atoms with Crippen LogP contribution in [-0.4, -0.2) is 39.9 Å². The topological polar surface area (TPSA) is 177 Å². The molecule has 0 rings (SSSR count). The summed E-state index contributed by atoms with van der Waals surface area (Å²) < 4.78 is 34.1. The van der Waals surface area contributed by atoms with Crippen molar-refractivity contribution in [3.05, 3.63) is 0 Å². The molecule has 0 unspecified atom stereocenters. The molecule has 0 heterocycles. The zero-order valence-corrected chi connectivity index (χ0v) is 10.6. The Kier molecular flexibility index (Phi) is 34.8. The molecule has 0 atom stereocenters. The van der Waals surface area contributed by atoms with E-state index >= 15 is 0 Å². The fourth-order valence-corrected chi connectivity index (χ4v) is 0. The summed E-state index contributed by atoms with van der Waals surface area (Å²) in [5.41, 5.74) is 0. The summed E-state index contributed by atoms with van der Waals surface area (Å²) in [6, 6.07) is 0. The van der Waals surface area contributed by atoms with E-state index in [9.17, 15) is 0 Å². The van der Waals surface area contributed by atoms with E-state index < -0.39 is 17.7 Å². The third kappa shape index (κ3) is 2120. The molecule has 0 bridgehead atoms. The van der Waals surface area contributed by atoms with Gasteiger partial charge >= 0.3 is 26.8 Å². The normalized spacial score (nSPS) is 7.08. The Morgan fingerprint density at radius 2 is 1.08 bits per heavy atom. The molecule has 0 aliphatic rings. The Hall–Kier alpha value is 0.688. The van der Waals surface area contributed by atoms with Crippen LogP contribution in [0.3, 0.4) is 0 Å². The molecule has 0 amide bonds. The third-order valence-corrected chi connectivity index (χ3v) is 0. The van der Waals surface area contributed by atoms with Crippen molar-refractivity contribution in [3.63, 3.8) is 0 Å². The molecular weight excluding hydrogens is 270 g/mol. The molecular formula is H7BClNO7SZn. The number of quaternary nitrogens is 1. The van der Waals surface area contributed by atoms with Gasteiger partial charge in [0.2, 0.25) is 0 Å². The molecule has 12 heteroatoms. The second kappa shape index (κ2) is 14.2. The van der Waals surface area contributed by atoms with Crippen LogP contribution in [0.4, 0.5) is 0 Å². The van der Waals surface area contributed by atoms with Crippen molar-refractivity contribution >= 4 is 17.7 Å². The zero-order valence-electron chi connectivity index (χ0n) is 6.05. The summed E-state index contributed by atoms with van der Waals surface area (Å²) in [7, 11) is -7.33. The van der Waals surface area contributed by atoms with E-state index in [4.69, 9.17) is 32.6 Å². The van der Waals surface area contributed by atoms with Crippen molar-refractivity contribution in [2.75, 3.05) is 0 Å². The first-order valence-electron chi connectivity index (χ1n) is 1.44. The molecule has 0 spiro atoms. The van der Waals surface area contributed by atoms with E-state index in [0.717, 1.165) is 0 Å². The van der Waals surface area contributed by atoms with Crippen LogP contribution in [0, 0.1) is 0 Å². The van der Waals surface area contributed by atoms with E-state index in [-0.39, 0.29) is 38.0 Å². The van der Waals surface area contributed by atoms with E-state index in [1.165, 1.54) is 0 Å². The monoisotopic (exact) mass is 275 g/mol. The second-order valence-corrected chi connectivity index (χ2v) is 1.57. The molecule has 0 aromatic carbocycles. The van der Waals surface area contributed by atoms with Crippen molar-refractivity contribution in [2.45, 2.75) is 0 Å². The zero-order chi connectivity index (χ0) is 8.08. The fourth-order valence-electron chi connectivity index (χ4n) is 0. The summed E-state index contributed by atoms with van der Waals surface area (Å²) in [6.07, 6.45) is 0. The van der Waals surface area contributed by atoms with Crippen molar-refractivity contribution in [1.29, 1.82) is 0 Å². The Balaban J connectivity index is -0.0000000221. The van der Waals surface area contributed by atoms with Gasteiger partial charge in [0, 0.05) is 10.4 Å². The van der Waals surface area contributed by atoms with Gasteiger partial charge < -0.3 is 42.7 Å². The first-order chi connectivity index (χ1) is 3.73. The smallest absolute Gasteiger partial charge is 1.00 e. The van der Waals surface area contributed by atoms with E-state index in [1.807, 2.05) is 0 Å². The van der Waals surface area contributed by atoms with Crippen LogP contribution in [0.2, 0.25) is 0 Å². The summed E-state index contributed by atoms with van der Waals surface area (Å²) in [6.45, 7) is 0. The largest absolute Gasteiger partial charge is 2.00 e. The number of hydrogen-bond acceptors (Lipinski definition) is 7. The van der Waals surface area contributed by atoms with Crippen LogP contribution in [0.1, 0.15) is 0 Å². The molecule has 0 saturated heterocycles. The molecule has 0 fully saturated rings. The van der Waals surface area contributed by atoms with Gasteiger partial charge in [0.25, 0.3) is 0 Å². The number of hydrogen-bond donors (Lipinski definition) is 4. The standard InChI is InChI=1S/BH3O3.ClH.H3N.H2O4S.Zn/c2-1(3)4;;;1-5(2,3)4;/h2-4H;1H;1H3;(H2,1,2,3,4);/q;;;;+2/p-2. The summed E-state index contributed by atoms with van der Waals surface area (Å²) in [4.78, 5) is 0. The van der Waals surface area contributed by atoms with Gasteiger partial charge in [-0.3, -0.25) is 8.42 Å². The van der Waals surface area contributed by atoms with Crippen LogP contribution in [0.5, 0.6) is 0 Å². The molecule has 0 radical (unpaired) electrons. The minimum absolute atomic E-state index is 0. The molecule has 8 nitrogen and oxygen atoms in total. The SMILES string of the molecule is O=S(=O)([O-])[O-].OB(O)O.[Cl-].[NH4+].[Zn+2]. The third-order valence-electron chi connectivity index (χ3n) is 0. The fraction of sp³-hybridized carbons (Fsp3) is 0. The number of rotatable bonds is 0. The van der Waals surface area contributed by atoms with Gasteiger partial charge in [0.15, 0.2) is 0 Å². The van der Waals surface area contributed by atoms with Gasteiger partial charge in [0.1, 0.15) is 0 Å². The molecule has 72 valence electrons. The Morgan fingerprint density at radius 1 is 1.08 bits per heavy atom. The number of halogens is 1. The molecule has 12 heavy (non-hydrogen) atoms.